The van der Waals surface area contributed by atoms with Gasteiger partial charge in [-0.1, -0.05) is 22.0 Å². The van der Waals surface area contributed by atoms with Crippen LogP contribution in [0.1, 0.15) is 34.7 Å². The number of nitrogens with one attached hydrogen (secondary N) is 2. The molecule has 2 aromatic rings. The van der Waals surface area contributed by atoms with Crippen molar-refractivity contribution in [1.82, 2.24) is 15.3 Å². The number of aromatic nitrogens is 2. The number of aryl methyl sites for hydroxylation is 1. The van der Waals surface area contributed by atoms with Crippen LogP contribution in [-0.4, -0.2) is 15.9 Å². The zero-order chi connectivity index (χ0) is 13.1. The average molecular weight is 308 g/mol. The fourth-order valence-electron chi connectivity index (χ4n) is 1.60. The van der Waals surface area contributed by atoms with Gasteiger partial charge < -0.3 is 10.3 Å². The van der Waals surface area contributed by atoms with E-state index in [4.69, 9.17) is 0 Å². The van der Waals surface area contributed by atoms with E-state index in [1.807, 2.05) is 32.0 Å². The molecule has 1 unspecified atom stereocenters. The Morgan fingerprint density at radius 1 is 1.50 bits per heavy atom. The van der Waals surface area contributed by atoms with Gasteiger partial charge in [0.1, 0.15) is 5.82 Å². The van der Waals surface area contributed by atoms with Crippen molar-refractivity contribution in [3.8, 4) is 0 Å². The van der Waals surface area contributed by atoms with Crippen molar-refractivity contribution >= 4 is 21.8 Å². The predicted molar refractivity (Wildman–Crippen MR) is 73.3 cm³/mol. The molecule has 0 aliphatic carbocycles. The van der Waals surface area contributed by atoms with E-state index in [1.54, 1.807) is 12.4 Å². The number of imidazole rings is 1. The van der Waals surface area contributed by atoms with E-state index < -0.39 is 0 Å². The third kappa shape index (κ3) is 2.79. The van der Waals surface area contributed by atoms with Gasteiger partial charge in [-0.15, -0.1) is 0 Å². The Hall–Kier alpha value is -1.62. The maximum Gasteiger partial charge on any atom is 0.251 e. The van der Waals surface area contributed by atoms with Crippen LogP contribution in [0, 0.1) is 6.92 Å². The summed E-state index contributed by atoms with van der Waals surface area (Å²) in [6, 6.07) is 5.40. The van der Waals surface area contributed by atoms with Gasteiger partial charge in [-0.3, -0.25) is 4.79 Å². The van der Waals surface area contributed by atoms with Gasteiger partial charge in [0, 0.05) is 22.4 Å². The smallest absolute Gasteiger partial charge is 0.251 e. The molecule has 0 saturated carbocycles. The summed E-state index contributed by atoms with van der Waals surface area (Å²) in [6.45, 7) is 3.87. The molecule has 0 aliphatic heterocycles. The topological polar surface area (TPSA) is 57.8 Å². The molecule has 0 fully saturated rings. The van der Waals surface area contributed by atoms with Crippen molar-refractivity contribution in [2.24, 2.45) is 0 Å². The highest BCUT2D eigenvalue weighted by Crippen LogP contribution is 2.18. The summed E-state index contributed by atoms with van der Waals surface area (Å²) in [4.78, 5) is 19.1. The zero-order valence-electron chi connectivity index (χ0n) is 10.2. The Morgan fingerprint density at radius 2 is 2.28 bits per heavy atom. The van der Waals surface area contributed by atoms with Gasteiger partial charge in [-0.2, -0.15) is 0 Å². The van der Waals surface area contributed by atoms with Crippen molar-refractivity contribution in [2.45, 2.75) is 19.9 Å². The minimum atomic E-state index is -0.146. The lowest BCUT2D eigenvalue weighted by Gasteiger charge is -2.12. The minimum absolute atomic E-state index is 0.111. The normalized spacial score (nSPS) is 12.2. The standard InChI is InChI=1S/C13H14BrN3O/c1-8-3-4-10(7-11(8)14)13(18)17-9(2)12-15-5-6-16-12/h3-7,9H,1-2H3,(H,15,16)(H,17,18). The number of aromatic amines is 1. The van der Waals surface area contributed by atoms with Crippen LogP contribution in [0.4, 0.5) is 0 Å². The first kappa shape index (κ1) is 12.8. The number of H-pyrrole nitrogens is 1. The van der Waals surface area contributed by atoms with Gasteiger partial charge in [0.15, 0.2) is 0 Å². The molecule has 2 N–H and O–H groups in total. The van der Waals surface area contributed by atoms with Crippen molar-refractivity contribution in [3.63, 3.8) is 0 Å². The quantitative estimate of drug-likeness (QED) is 0.916. The number of halogens is 1. The predicted octanol–water partition coefficient (Wildman–Crippen LogP) is 2.97. The van der Waals surface area contributed by atoms with Crippen LogP contribution in [0.25, 0.3) is 0 Å². The summed E-state index contributed by atoms with van der Waals surface area (Å²) in [5.41, 5.74) is 1.73. The van der Waals surface area contributed by atoms with Crippen LogP contribution < -0.4 is 5.32 Å². The zero-order valence-corrected chi connectivity index (χ0v) is 11.8. The van der Waals surface area contributed by atoms with Crippen molar-refractivity contribution < 1.29 is 4.79 Å². The molecule has 1 aromatic heterocycles. The highest BCUT2D eigenvalue weighted by molar-refractivity contribution is 9.10. The maximum atomic E-state index is 12.0. The summed E-state index contributed by atoms with van der Waals surface area (Å²) in [5, 5.41) is 2.89. The number of rotatable bonds is 3. The first-order valence-corrected chi connectivity index (χ1v) is 6.43. The van der Waals surface area contributed by atoms with Crippen molar-refractivity contribution in [2.75, 3.05) is 0 Å². The lowest BCUT2D eigenvalue weighted by molar-refractivity contribution is 0.0938. The Kier molecular flexibility index (Phi) is 3.81. The number of hydrogen-bond donors (Lipinski definition) is 2. The first-order chi connectivity index (χ1) is 8.58. The third-order valence-electron chi connectivity index (χ3n) is 2.71. The van der Waals surface area contributed by atoms with Crippen LogP contribution >= 0.6 is 15.9 Å². The van der Waals surface area contributed by atoms with Crippen LogP contribution in [0.5, 0.6) is 0 Å². The van der Waals surface area contributed by atoms with E-state index in [-0.39, 0.29) is 11.9 Å². The van der Waals surface area contributed by atoms with E-state index in [0.717, 1.165) is 15.9 Å². The largest absolute Gasteiger partial charge is 0.347 e. The molecule has 2 rings (SSSR count). The Morgan fingerprint density at radius 3 is 2.89 bits per heavy atom. The number of carbonyl (C=O) groups is 1. The number of amides is 1. The molecule has 94 valence electrons. The Balaban J connectivity index is 2.10. The highest BCUT2D eigenvalue weighted by atomic mass is 79.9. The van der Waals surface area contributed by atoms with Gasteiger partial charge in [0.2, 0.25) is 0 Å². The molecule has 0 aliphatic rings. The Bertz CT molecular complexity index is 551. The number of benzene rings is 1. The molecule has 5 heteroatoms. The molecule has 1 atom stereocenters. The molecule has 18 heavy (non-hydrogen) atoms. The molecule has 0 saturated heterocycles. The average Bonchev–Trinajstić information content (AvgIpc) is 2.86. The molecular formula is C13H14BrN3O. The van der Waals surface area contributed by atoms with E-state index >= 15 is 0 Å². The molecule has 0 radical (unpaired) electrons. The molecule has 1 aromatic carbocycles. The van der Waals surface area contributed by atoms with Crippen molar-refractivity contribution in [3.05, 3.63) is 52.0 Å². The second-order valence-corrected chi connectivity index (χ2v) is 4.99. The summed E-state index contributed by atoms with van der Waals surface area (Å²) in [6.07, 6.45) is 3.40. The SMILES string of the molecule is Cc1ccc(C(=O)NC(C)c2ncc[nH]2)cc1Br. The molecule has 4 nitrogen and oxygen atoms in total. The molecular weight excluding hydrogens is 294 g/mol. The summed E-state index contributed by atoms with van der Waals surface area (Å²) >= 11 is 3.42. The van der Waals surface area contributed by atoms with Crippen LogP contribution in [0.15, 0.2) is 35.1 Å². The number of hydrogen-bond acceptors (Lipinski definition) is 2. The van der Waals surface area contributed by atoms with Crippen LogP contribution in [0.3, 0.4) is 0 Å². The van der Waals surface area contributed by atoms with Crippen molar-refractivity contribution in [1.29, 1.82) is 0 Å². The minimum Gasteiger partial charge on any atom is -0.347 e. The van der Waals surface area contributed by atoms with E-state index in [2.05, 4.69) is 31.2 Å². The number of carbonyl (C=O) groups excluding carboxylic acids is 1. The number of nitrogens with zero attached hydrogens (tertiary/aromatic N) is 1. The monoisotopic (exact) mass is 307 g/mol. The third-order valence-corrected chi connectivity index (χ3v) is 3.57. The Labute approximate surface area is 114 Å². The van der Waals surface area contributed by atoms with Gasteiger partial charge in [0.05, 0.1) is 6.04 Å². The molecule has 1 heterocycles. The van der Waals surface area contributed by atoms with E-state index in [0.29, 0.717) is 5.56 Å². The van der Waals surface area contributed by atoms with Crippen LogP contribution in [-0.2, 0) is 0 Å². The lowest BCUT2D eigenvalue weighted by Crippen LogP contribution is -2.27. The second-order valence-electron chi connectivity index (χ2n) is 4.13. The van der Waals surface area contributed by atoms with Gasteiger partial charge in [-0.05, 0) is 31.5 Å². The van der Waals surface area contributed by atoms with Gasteiger partial charge >= 0.3 is 0 Å². The highest BCUT2D eigenvalue weighted by Gasteiger charge is 2.13. The molecule has 1 amide bonds. The van der Waals surface area contributed by atoms with E-state index in [9.17, 15) is 4.79 Å². The van der Waals surface area contributed by atoms with Gasteiger partial charge in [0.25, 0.3) is 5.91 Å². The molecule has 0 bridgehead atoms. The fourth-order valence-corrected chi connectivity index (χ4v) is 1.98. The van der Waals surface area contributed by atoms with Crippen LogP contribution in [0.2, 0.25) is 0 Å². The summed E-state index contributed by atoms with van der Waals surface area (Å²) in [7, 11) is 0. The fraction of sp³-hybridized carbons (Fsp3) is 0.231. The second kappa shape index (κ2) is 5.35. The maximum absolute atomic E-state index is 12.0. The molecule has 0 spiro atoms. The summed E-state index contributed by atoms with van der Waals surface area (Å²) < 4.78 is 0.931. The first-order valence-electron chi connectivity index (χ1n) is 5.64. The van der Waals surface area contributed by atoms with E-state index in [1.165, 1.54) is 0 Å². The van der Waals surface area contributed by atoms with Gasteiger partial charge in [-0.25, -0.2) is 4.98 Å². The summed E-state index contributed by atoms with van der Waals surface area (Å²) in [5.74, 6) is 0.633. The lowest BCUT2D eigenvalue weighted by atomic mass is 10.1.